The lowest BCUT2D eigenvalue weighted by atomic mass is 9.89. The minimum atomic E-state index is -3.78. The highest BCUT2D eigenvalue weighted by Gasteiger charge is 2.39. The number of carbonyl (C=O) groups excluding carboxylic acids is 1. The van der Waals surface area contributed by atoms with E-state index in [0.29, 0.717) is 12.8 Å². The van der Waals surface area contributed by atoms with Crippen LogP contribution in [0.5, 0.6) is 0 Å². The molecule has 0 radical (unpaired) electrons. The second-order valence-corrected chi connectivity index (χ2v) is 6.98. The number of aryl methyl sites for hydroxylation is 1. The highest BCUT2D eigenvalue weighted by atomic mass is 32.2. The largest absolute Gasteiger partial charge is 0.299 e. The van der Waals surface area contributed by atoms with Crippen LogP contribution in [0.4, 0.5) is 0 Å². The molecule has 0 heterocycles. The first-order valence-corrected chi connectivity index (χ1v) is 7.74. The fraction of sp³-hybridized carbons (Fsp3) is 0.500. The summed E-state index contributed by atoms with van der Waals surface area (Å²) in [5.41, 5.74) is 0.328. The first-order chi connectivity index (χ1) is 8.83. The number of benzene rings is 1. The van der Waals surface area contributed by atoms with Gasteiger partial charge in [0.15, 0.2) is 0 Å². The lowest BCUT2D eigenvalue weighted by molar-refractivity contribution is -0.126. The summed E-state index contributed by atoms with van der Waals surface area (Å²) >= 11 is 0. The Labute approximate surface area is 113 Å². The summed E-state index contributed by atoms with van der Waals surface area (Å²) in [5, 5.41) is 0. The summed E-state index contributed by atoms with van der Waals surface area (Å²) in [6.07, 6.45) is 2.02. The van der Waals surface area contributed by atoms with Gasteiger partial charge in [-0.2, -0.15) is 8.42 Å². The van der Waals surface area contributed by atoms with Crippen molar-refractivity contribution in [3.8, 4) is 0 Å². The fourth-order valence-electron chi connectivity index (χ4n) is 2.21. The third-order valence-corrected chi connectivity index (χ3v) is 4.93. The summed E-state index contributed by atoms with van der Waals surface area (Å²) in [6.45, 7) is 3.59. The fourth-order valence-corrected chi connectivity index (χ4v) is 3.23. The van der Waals surface area contributed by atoms with Crippen molar-refractivity contribution in [2.24, 2.45) is 5.41 Å². The Balaban J connectivity index is 2.10. The van der Waals surface area contributed by atoms with E-state index in [-0.39, 0.29) is 17.3 Å². The number of hydrogen-bond donors (Lipinski definition) is 0. The van der Waals surface area contributed by atoms with Gasteiger partial charge in [0.1, 0.15) is 5.78 Å². The molecule has 1 atom stereocenters. The van der Waals surface area contributed by atoms with Crippen molar-refractivity contribution in [3.05, 3.63) is 29.8 Å². The van der Waals surface area contributed by atoms with Gasteiger partial charge < -0.3 is 0 Å². The van der Waals surface area contributed by atoms with Gasteiger partial charge >= 0.3 is 0 Å². The minimum Gasteiger partial charge on any atom is -0.299 e. The summed E-state index contributed by atoms with van der Waals surface area (Å²) < 4.78 is 29.1. The van der Waals surface area contributed by atoms with Gasteiger partial charge in [0, 0.05) is 6.42 Å². The summed E-state index contributed by atoms with van der Waals surface area (Å²) in [4.78, 5) is 11.9. The average Bonchev–Trinajstić information content (AvgIpc) is 2.69. The summed E-state index contributed by atoms with van der Waals surface area (Å²) in [5.74, 6) is 0.0895. The Morgan fingerprint density at radius 3 is 2.42 bits per heavy atom. The Bertz CT molecular complexity index is 574. The van der Waals surface area contributed by atoms with Gasteiger partial charge in [-0.15, -0.1) is 0 Å². The molecule has 0 bridgehead atoms. The van der Waals surface area contributed by atoms with E-state index in [1.54, 1.807) is 19.1 Å². The van der Waals surface area contributed by atoms with E-state index in [4.69, 9.17) is 4.18 Å². The zero-order chi connectivity index (χ0) is 14.1. The van der Waals surface area contributed by atoms with E-state index in [1.807, 2.05) is 6.92 Å². The van der Waals surface area contributed by atoms with Crippen LogP contribution in [-0.4, -0.2) is 20.8 Å². The molecule has 0 aliphatic heterocycles. The number of carbonyl (C=O) groups is 1. The van der Waals surface area contributed by atoms with E-state index in [1.165, 1.54) is 12.1 Å². The molecule has 2 rings (SSSR count). The van der Waals surface area contributed by atoms with Crippen LogP contribution in [0.1, 0.15) is 31.7 Å². The number of hydrogen-bond acceptors (Lipinski definition) is 4. The quantitative estimate of drug-likeness (QED) is 0.796. The van der Waals surface area contributed by atoms with Crippen molar-refractivity contribution in [1.29, 1.82) is 0 Å². The topological polar surface area (TPSA) is 60.4 Å². The Morgan fingerprint density at radius 2 is 1.89 bits per heavy atom. The molecule has 1 aromatic rings. The molecule has 1 fully saturated rings. The van der Waals surface area contributed by atoms with Gasteiger partial charge in [-0.05, 0) is 31.9 Å². The Morgan fingerprint density at radius 1 is 1.26 bits per heavy atom. The van der Waals surface area contributed by atoms with Gasteiger partial charge in [0.2, 0.25) is 0 Å². The van der Waals surface area contributed by atoms with E-state index in [0.717, 1.165) is 12.0 Å². The van der Waals surface area contributed by atoms with Gasteiger partial charge in [0.25, 0.3) is 10.1 Å². The van der Waals surface area contributed by atoms with Crippen molar-refractivity contribution in [1.82, 2.24) is 0 Å². The van der Waals surface area contributed by atoms with Crippen molar-refractivity contribution in [2.75, 3.05) is 6.61 Å². The predicted molar refractivity (Wildman–Crippen MR) is 71.3 cm³/mol. The standard InChI is InChI=1S/C14H18O4S/c1-11-5-7-12(8-6-11)19(16,17)18-10-14(2)9-3-4-13(14)15/h5-8H,3-4,9-10H2,1-2H3/t14-/m0/s1. The van der Waals surface area contributed by atoms with E-state index in [9.17, 15) is 13.2 Å². The molecule has 0 N–H and O–H groups in total. The van der Waals surface area contributed by atoms with Crippen molar-refractivity contribution in [2.45, 2.75) is 38.0 Å². The van der Waals surface area contributed by atoms with Crippen molar-refractivity contribution < 1.29 is 17.4 Å². The predicted octanol–water partition coefficient (Wildman–Crippen LogP) is 2.46. The van der Waals surface area contributed by atoms with Gasteiger partial charge in [-0.3, -0.25) is 8.98 Å². The highest BCUT2D eigenvalue weighted by Crippen LogP contribution is 2.35. The van der Waals surface area contributed by atoms with Crippen LogP contribution in [0.25, 0.3) is 0 Å². The van der Waals surface area contributed by atoms with Crippen LogP contribution < -0.4 is 0 Å². The Kier molecular flexibility index (Phi) is 3.78. The van der Waals surface area contributed by atoms with Gasteiger partial charge in [-0.25, -0.2) is 0 Å². The number of Topliss-reactive ketones (excluding diaryl/α,β-unsaturated/α-hetero) is 1. The molecule has 4 nitrogen and oxygen atoms in total. The molecule has 1 aromatic carbocycles. The molecule has 19 heavy (non-hydrogen) atoms. The van der Waals surface area contributed by atoms with Crippen LogP contribution in [0, 0.1) is 12.3 Å². The molecule has 0 amide bonds. The highest BCUT2D eigenvalue weighted by molar-refractivity contribution is 7.86. The average molecular weight is 282 g/mol. The molecule has 1 saturated carbocycles. The number of ketones is 1. The maximum atomic E-state index is 12.0. The minimum absolute atomic E-state index is 0.0674. The molecular weight excluding hydrogens is 264 g/mol. The molecule has 0 spiro atoms. The molecule has 104 valence electrons. The zero-order valence-electron chi connectivity index (χ0n) is 11.2. The molecule has 1 aliphatic rings. The third-order valence-electron chi connectivity index (χ3n) is 3.65. The normalized spacial score (nSPS) is 23.8. The molecule has 0 aromatic heterocycles. The van der Waals surface area contributed by atoms with Crippen LogP contribution in [-0.2, 0) is 19.1 Å². The van der Waals surface area contributed by atoms with Crippen LogP contribution in [0.3, 0.4) is 0 Å². The zero-order valence-corrected chi connectivity index (χ0v) is 12.0. The Hall–Kier alpha value is -1.20. The SMILES string of the molecule is Cc1ccc(S(=O)(=O)OC[C@]2(C)CCCC2=O)cc1. The number of rotatable bonds is 4. The van der Waals surface area contributed by atoms with Crippen molar-refractivity contribution in [3.63, 3.8) is 0 Å². The molecule has 0 saturated heterocycles. The second-order valence-electron chi connectivity index (χ2n) is 5.37. The van der Waals surface area contributed by atoms with Gasteiger partial charge in [0.05, 0.1) is 16.9 Å². The third kappa shape index (κ3) is 3.04. The molecule has 5 heteroatoms. The van der Waals surface area contributed by atoms with Crippen LogP contribution >= 0.6 is 0 Å². The first kappa shape index (κ1) is 14.2. The van der Waals surface area contributed by atoms with E-state index >= 15 is 0 Å². The molecule has 1 aliphatic carbocycles. The smallest absolute Gasteiger partial charge is 0.297 e. The van der Waals surface area contributed by atoms with Crippen molar-refractivity contribution >= 4 is 15.9 Å². The maximum Gasteiger partial charge on any atom is 0.297 e. The lowest BCUT2D eigenvalue weighted by Crippen LogP contribution is -2.29. The van der Waals surface area contributed by atoms with E-state index < -0.39 is 15.5 Å². The van der Waals surface area contributed by atoms with E-state index in [2.05, 4.69) is 0 Å². The van der Waals surface area contributed by atoms with Crippen LogP contribution in [0.15, 0.2) is 29.2 Å². The maximum absolute atomic E-state index is 12.0. The summed E-state index contributed by atoms with van der Waals surface area (Å²) in [7, 11) is -3.78. The first-order valence-electron chi connectivity index (χ1n) is 6.33. The second kappa shape index (κ2) is 5.06. The lowest BCUT2D eigenvalue weighted by Gasteiger charge is -2.21. The van der Waals surface area contributed by atoms with Crippen LogP contribution in [0.2, 0.25) is 0 Å². The monoisotopic (exact) mass is 282 g/mol. The summed E-state index contributed by atoms with van der Waals surface area (Å²) in [6, 6.07) is 6.48. The molecular formula is C14H18O4S. The molecule has 0 unspecified atom stereocenters. The van der Waals surface area contributed by atoms with Gasteiger partial charge in [-0.1, -0.05) is 24.6 Å².